The van der Waals surface area contributed by atoms with E-state index in [9.17, 15) is 19.5 Å². The topological polar surface area (TPSA) is 121 Å². The van der Waals surface area contributed by atoms with Crippen LogP contribution in [0.15, 0.2) is 53.9 Å². The predicted molar refractivity (Wildman–Crippen MR) is 131 cm³/mol. The van der Waals surface area contributed by atoms with Crippen LogP contribution in [0.4, 0.5) is 4.79 Å². The molecule has 1 heterocycles. The summed E-state index contributed by atoms with van der Waals surface area (Å²) in [5.74, 6) is -1.74. The molecule has 0 bridgehead atoms. The first-order valence-corrected chi connectivity index (χ1v) is 11.9. The lowest BCUT2D eigenvalue weighted by Gasteiger charge is -2.17. The summed E-state index contributed by atoms with van der Waals surface area (Å²) in [7, 11) is 3.44. The highest BCUT2D eigenvalue weighted by atomic mass is 32.1. The SMILES string of the molecule is CN(C)C[C@H](NC(=O)c1csc(CNC(=O)OCC2c3ccccc3-c3ccccc32)n1)C(=O)O. The molecule has 0 spiro atoms. The molecule has 10 heteroatoms. The van der Waals surface area contributed by atoms with Gasteiger partial charge in [0.1, 0.15) is 23.4 Å². The van der Waals surface area contributed by atoms with Crippen LogP contribution in [0.3, 0.4) is 0 Å². The van der Waals surface area contributed by atoms with Gasteiger partial charge in [0.05, 0.1) is 6.54 Å². The molecule has 2 amide bonds. The highest BCUT2D eigenvalue weighted by Gasteiger charge is 2.29. The number of alkyl carbamates (subject to hydrolysis) is 1. The predicted octanol–water partition coefficient (Wildman–Crippen LogP) is 2.93. The lowest BCUT2D eigenvalue weighted by molar-refractivity contribution is -0.139. The number of likely N-dealkylation sites (N-methyl/N-ethyl adjacent to an activating group) is 1. The number of aromatic nitrogens is 1. The first-order valence-electron chi connectivity index (χ1n) is 11.0. The molecule has 9 nitrogen and oxygen atoms in total. The van der Waals surface area contributed by atoms with Crippen molar-refractivity contribution in [1.82, 2.24) is 20.5 Å². The molecule has 35 heavy (non-hydrogen) atoms. The minimum atomic E-state index is -1.13. The third-order valence-corrected chi connectivity index (χ3v) is 6.51. The Labute approximate surface area is 206 Å². The Morgan fingerprint density at radius 3 is 2.31 bits per heavy atom. The molecule has 4 rings (SSSR count). The first kappa shape index (κ1) is 24.4. The molecular weight excluding hydrogens is 468 g/mol. The lowest BCUT2D eigenvalue weighted by atomic mass is 9.98. The molecule has 0 fully saturated rings. The number of carbonyl (C=O) groups excluding carboxylic acids is 2. The molecular formula is C25H26N4O5S. The molecule has 0 aliphatic heterocycles. The zero-order valence-electron chi connectivity index (χ0n) is 19.4. The number of nitrogens with one attached hydrogen (secondary N) is 2. The average Bonchev–Trinajstić information content (AvgIpc) is 3.44. The highest BCUT2D eigenvalue weighted by Crippen LogP contribution is 2.44. The Morgan fingerprint density at radius 1 is 1.09 bits per heavy atom. The Bertz CT molecular complexity index is 1200. The van der Waals surface area contributed by atoms with Gasteiger partial charge in [-0.3, -0.25) is 4.79 Å². The minimum Gasteiger partial charge on any atom is -0.480 e. The van der Waals surface area contributed by atoms with E-state index in [1.54, 1.807) is 19.0 Å². The first-order chi connectivity index (χ1) is 16.8. The Hall–Kier alpha value is -3.76. The van der Waals surface area contributed by atoms with Gasteiger partial charge in [0.2, 0.25) is 0 Å². The molecule has 0 saturated carbocycles. The summed E-state index contributed by atoms with van der Waals surface area (Å²) in [6, 6.07) is 15.2. The van der Waals surface area contributed by atoms with Gasteiger partial charge in [0.25, 0.3) is 5.91 Å². The zero-order chi connectivity index (χ0) is 24.9. The van der Waals surface area contributed by atoms with Crippen molar-refractivity contribution in [2.24, 2.45) is 0 Å². The van der Waals surface area contributed by atoms with E-state index in [0.717, 1.165) is 22.3 Å². The van der Waals surface area contributed by atoms with Crippen LogP contribution in [0.2, 0.25) is 0 Å². The van der Waals surface area contributed by atoms with Crippen molar-refractivity contribution in [3.05, 3.63) is 75.7 Å². The molecule has 1 atom stereocenters. The van der Waals surface area contributed by atoms with Gasteiger partial charge in [0.15, 0.2) is 0 Å². The van der Waals surface area contributed by atoms with E-state index < -0.39 is 24.0 Å². The molecule has 1 aromatic heterocycles. The number of amides is 2. The number of hydrogen-bond donors (Lipinski definition) is 3. The molecule has 1 aliphatic rings. The number of rotatable bonds is 9. The normalized spacial score (nSPS) is 13.1. The second-order valence-electron chi connectivity index (χ2n) is 8.43. The number of carboxylic acid groups (broad SMARTS) is 1. The van der Waals surface area contributed by atoms with Crippen molar-refractivity contribution in [2.75, 3.05) is 27.2 Å². The van der Waals surface area contributed by atoms with Crippen LogP contribution in [-0.2, 0) is 16.1 Å². The number of fused-ring (bicyclic) bond motifs is 3. The maximum absolute atomic E-state index is 12.4. The van der Waals surface area contributed by atoms with Gasteiger partial charge < -0.3 is 25.4 Å². The maximum Gasteiger partial charge on any atom is 0.407 e. The van der Waals surface area contributed by atoms with Gasteiger partial charge in [-0.15, -0.1) is 11.3 Å². The fourth-order valence-electron chi connectivity index (χ4n) is 4.08. The Morgan fingerprint density at radius 2 is 1.71 bits per heavy atom. The van der Waals surface area contributed by atoms with Crippen molar-refractivity contribution in [2.45, 2.75) is 18.5 Å². The van der Waals surface area contributed by atoms with Gasteiger partial charge in [-0.2, -0.15) is 0 Å². The van der Waals surface area contributed by atoms with Crippen LogP contribution in [0.1, 0.15) is 32.5 Å². The van der Waals surface area contributed by atoms with Gasteiger partial charge >= 0.3 is 12.1 Å². The second-order valence-corrected chi connectivity index (χ2v) is 9.37. The molecule has 1 aliphatic carbocycles. The monoisotopic (exact) mass is 494 g/mol. The molecule has 0 saturated heterocycles. The van der Waals surface area contributed by atoms with Crippen LogP contribution in [0.25, 0.3) is 11.1 Å². The maximum atomic E-state index is 12.4. The van der Waals surface area contributed by atoms with Crippen molar-refractivity contribution in [3.63, 3.8) is 0 Å². The van der Waals surface area contributed by atoms with Crippen LogP contribution in [0.5, 0.6) is 0 Å². The van der Waals surface area contributed by atoms with Crippen molar-refractivity contribution in [1.29, 1.82) is 0 Å². The third kappa shape index (κ3) is 5.67. The van der Waals surface area contributed by atoms with E-state index in [0.29, 0.717) is 5.01 Å². The molecule has 2 aromatic carbocycles. The van der Waals surface area contributed by atoms with Crippen LogP contribution in [0, 0.1) is 0 Å². The number of ether oxygens (including phenoxy) is 1. The van der Waals surface area contributed by atoms with Crippen LogP contribution >= 0.6 is 11.3 Å². The summed E-state index contributed by atoms with van der Waals surface area (Å²) < 4.78 is 5.51. The lowest BCUT2D eigenvalue weighted by Crippen LogP contribution is -2.47. The third-order valence-electron chi connectivity index (χ3n) is 5.66. The Balaban J connectivity index is 1.30. The van der Waals surface area contributed by atoms with Crippen LogP contribution in [-0.4, -0.2) is 66.2 Å². The quantitative estimate of drug-likeness (QED) is 0.418. The number of nitrogens with zero attached hydrogens (tertiary/aromatic N) is 2. The number of carboxylic acids is 1. The smallest absolute Gasteiger partial charge is 0.407 e. The van der Waals surface area contributed by atoms with E-state index in [1.807, 2.05) is 24.3 Å². The highest BCUT2D eigenvalue weighted by molar-refractivity contribution is 7.09. The average molecular weight is 495 g/mol. The minimum absolute atomic E-state index is 0.0346. The summed E-state index contributed by atoms with van der Waals surface area (Å²) in [4.78, 5) is 42.0. The van der Waals surface area contributed by atoms with Gasteiger partial charge in [-0.1, -0.05) is 48.5 Å². The van der Waals surface area contributed by atoms with Crippen molar-refractivity contribution in [3.8, 4) is 11.1 Å². The van der Waals surface area contributed by atoms with E-state index >= 15 is 0 Å². The fraction of sp³-hybridized carbons (Fsp3) is 0.280. The van der Waals surface area contributed by atoms with Crippen molar-refractivity contribution >= 4 is 29.3 Å². The van der Waals surface area contributed by atoms with Gasteiger partial charge in [-0.25, -0.2) is 14.6 Å². The number of carbonyl (C=O) groups is 3. The number of benzene rings is 2. The van der Waals surface area contributed by atoms with E-state index in [2.05, 4.69) is 39.9 Å². The summed E-state index contributed by atoms with van der Waals surface area (Å²) >= 11 is 1.19. The molecule has 0 radical (unpaired) electrons. The summed E-state index contributed by atoms with van der Waals surface area (Å²) in [6.07, 6.45) is -0.579. The number of hydrogen-bond acceptors (Lipinski definition) is 7. The van der Waals surface area contributed by atoms with Crippen molar-refractivity contribution < 1.29 is 24.2 Å². The molecule has 182 valence electrons. The van der Waals surface area contributed by atoms with Gasteiger partial charge in [0, 0.05) is 17.8 Å². The largest absolute Gasteiger partial charge is 0.480 e. The van der Waals surface area contributed by atoms with Crippen LogP contribution < -0.4 is 10.6 Å². The number of thiazole rings is 1. The zero-order valence-corrected chi connectivity index (χ0v) is 20.2. The Kier molecular flexibility index (Phi) is 7.42. The molecule has 0 unspecified atom stereocenters. The van der Waals surface area contributed by atoms with Gasteiger partial charge in [-0.05, 0) is 36.3 Å². The summed E-state index contributed by atoms with van der Waals surface area (Å²) in [6.45, 7) is 0.448. The second kappa shape index (κ2) is 10.7. The fourth-order valence-corrected chi connectivity index (χ4v) is 4.79. The number of aliphatic carboxylic acids is 1. The summed E-state index contributed by atoms with van der Waals surface area (Å²) in [5.41, 5.74) is 4.67. The summed E-state index contributed by atoms with van der Waals surface area (Å²) in [5, 5.41) is 16.4. The molecule has 3 N–H and O–H groups in total. The van der Waals surface area contributed by atoms with E-state index in [1.165, 1.54) is 16.7 Å². The standard InChI is InChI=1S/C25H26N4O5S/c1-29(2)12-20(24(31)32)28-23(30)21-14-35-22(27-21)11-26-25(33)34-13-19-17-9-5-3-7-15(17)16-8-4-6-10-18(16)19/h3-10,14,19-20H,11-13H2,1-2H3,(H,26,33)(H,28,30)(H,31,32)/t20-/m0/s1. The van der Waals surface area contributed by atoms with E-state index in [-0.39, 0.29) is 31.3 Å². The van der Waals surface area contributed by atoms with E-state index in [4.69, 9.17) is 4.74 Å². The molecule has 3 aromatic rings.